The Balaban J connectivity index is 1.71. The molecular weight excluding hydrogens is 476 g/mol. The van der Waals surface area contributed by atoms with Gasteiger partial charge in [0.05, 0.1) is 13.2 Å². The summed E-state index contributed by atoms with van der Waals surface area (Å²) in [5, 5.41) is 70.2. The fourth-order valence-corrected chi connectivity index (χ4v) is 4.66. The van der Waals surface area contributed by atoms with E-state index in [9.17, 15) is 35.7 Å². The lowest BCUT2D eigenvalue weighted by atomic mass is 9.97. The molecule has 11 nitrogen and oxygen atoms in total. The summed E-state index contributed by atoms with van der Waals surface area (Å²) in [5.74, 6) is 0. The summed E-state index contributed by atoms with van der Waals surface area (Å²) in [6.07, 6.45) is -1.24. The van der Waals surface area contributed by atoms with Gasteiger partial charge in [-0.3, -0.25) is 0 Å². The molecule has 2 aliphatic heterocycles. The Bertz CT molecular complexity index is 564. The van der Waals surface area contributed by atoms with E-state index in [4.69, 9.17) is 18.9 Å². The number of hydrogen-bond donors (Lipinski definition) is 7. The van der Waals surface area contributed by atoms with Gasteiger partial charge in [0, 0.05) is 6.61 Å². The zero-order valence-electron chi connectivity index (χ0n) is 21.4. The minimum atomic E-state index is -1.69. The minimum Gasteiger partial charge on any atom is -0.394 e. The Morgan fingerprint density at radius 2 is 1.06 bits per heavy atom. The highest BCUT2D eigenvalue weighted by atomic mass is 16.7. The standard InChI is InChI=1S/C25H48O11/c1-2-3-4-5-6-7-8-9-10-11-12-13-33-24-22(32)20(30)23(17(15-27)35-24)36-25-21(31)19(29)18(28)16(14-26)34-25/h16-32H,2-15H2,1H3/t16-,17-,18+,19+,20-,21+,22+,23+,24+,25+/m0/s1. The highest BCUT2D eigenvalue weighted by Gasteiger charge is 2.50. The zero-order chi connectivity index (χ0) is 26.5. The Morgan fingerprint density at radius 3 is 1.61 bits per heavy atom. The van der Waals surface area contributed by atoms with Crippen LogP contribution in [0.1, 0.15) is 77.6 Å². The van der Waals surface area contributed by atoms with Crippen LogP contribution in [0, 0.1) is 0 Å². The Labute approximate surface area is 214 Å². The second kappa shape index (κ2) is 17.2. The highest BCUT2D eigenvalue weighted by Crippen LogP contribution is 2.29. The molecule has 36 heavy (non-hydrogen) atoms. The minimum absolute atomic E-state index is 0.321. The largest absolute Gasteiger partial charge is 0.394 e. The molecule has 214 valence electrons. The van der Waals surface area contributed by atoms with Crippen molar-refractivity contribution < 1.29 is 54.7 Å². The molecular formula is C25H48O11. The van der Waals surface area contributed by atoms with Gasteiger partial charge in [0.1, 0.15) is 48.8 Å². The molecule has 2 heterocycles. The third-order valence-corrected chi connectivity index (χ3v) is 6.99. The Kier molecular flexibility index (Phi) is 15.2. The van der Waals surface area contributed by atoms with Crippen molar-refractivity contribution in [3.8, 4) is 0 Å². The lowest BCUT2D eigenvalue weighted by Gasteiger charge is -2.45. The van der Waals surface area contributed by atoms with E-state index in [1.165, 1.54) is 51.4 Å². The summed E-state index contributed by atoms with van der Waals surface area (Å²) in [5.41, 5.74) is 0. The molecule has 0 amide bonds. The fraction of sp³-hybridized carbons (Fsp3) is 1.00. The molecule has 0 saturated carbocycles. The van der Waals surface area contributed by atoms with Crippen LogP contribution in [0.4, 0.5) is 0 Å². The van der Waals surface area contributed by atoms with E-state index >= 15 is 0 Å². The van der Waals surface area contributed by atoms with Crippen molar-refractivity contribution in [3.05, 3.63) is 0 Å². The molecule has 0 aliphatic carbocycles. The molecule has 7 N–H and O–H groups in total. The van der Waals surface area contributed by atoms with Gasteiger partial charge in [-0.2, -0.15) is 0 Å². The van der Waals surface area contributed by atoms with E-state index in [2.05, 4.69) is 6.92 Å². The molecule has 2 rings (SSSR count). The van der Waals surface area contributed by atoms with Crippen LogP contribution in [-0.4, -0.2) is 117 Å². The van der Waals surface area contributed by atoms with Gasteiger partial charge < -0.3 is 54.7 Å². The van der Waals surface area contributed by atoms with Gasteiger partial charge in [0.2, 0.25) is 0 Å². The monoisotopic (exact) mass is 524 g/mol. The third-order valence-electron chi connectivity index (χ3n) is 6.99. The van der Waals surface area contributed by atoms with Crippen LogP contribution in [0.3, 0.4) is 0 Å². The summed E-state index contributed by atoms with van der Waals surface area (Å²) in [4.78, 5) is 0. The predicted octanol–water partition coefficient (Wildman–Crippen LogP) is -0.0619. The van der Waals surface area contributed by atoms with Gasteiger partial charge in [-0.15, -0.1) is 0 Å². The zero-order valence-corrected chi connectivity index (χ0v) is 21.4. The summed E-state index contributed by atoms with van der Waals surface area (Å²) in [6.45, 7) is 1.32. The lowest BCUT2D eigenvalue weighted by molar-refractivity contribution is -0.359. The molecule has 0 aromatic carbocycles. The molecule has 11 heteroatoms. The first-order valence-electron chi connectivity index (χ1n) is 13.6. The van der Waals surface area contributed by atoms with Crippen molar-refractivity contribution in [3.63, 3.8) is 0 Å². The average Bonchev–Trinajstić information content (AvgIpc) is 2.88. The molecule has 2 aliphatic rings. The number of hydrogen-bond acceptors (Lipinski definition) is 11. The molecule has 0 bridgehead atoms. The summed E-state index contributed by atoms with van der Waals surface area (Å²) < 4.78 is 22.1. The highest BCUT2D eigenvalue weighted by molar-refractivity contribution is 4.94. The molecule has 0 unspecified atom stereocenters. The quantitative estimate of drug-likeness (QED) is 0.127. The average molecular weight is 525 g/mol. The molecule has 2 saturated heterocycles. The first kappa shape index (κ1) is 31.8. The number of aliphatic hydroxyl groups excluding tert-OH is 7. The van der Waals surface area contributed by atoms with E-state index in [1.54, 1.807) is 0 Å². The fourth-order valence-electron chi connectivity index (χ4n) is 4.66. The second-order valence-electron chi connectivity index (χ2n) is 9.91. The van der Waals surface area contributed by atoms with Crippen LogP contribution in [-0.2, 0) is 18.9 Å². The Morgan fingerprint density at radius 1 is 0.556 bits per heavy atom. The SMILES string of the molecule is CCCCCCCCCCCCCO[C@@H]1O[C@@H](CO)[C@@H](O[C@H]2O[C@@H](CO)[C@@H](O)[C@@H](O)[C@H]2O)[C@@H](O)[C@H]1O. The number of ether oxygens (including phenoxy) is 4. The summed E-state index contributed by atoms with van der Waals surface area (Å²) in [7, 11) is 0. The van der Waals surface area contributed by atoms with E-state index in [0.29, 0.717) is 6.61 Å². The van der Waals surface area contributed by atoms with Crippen molar-refractivity contribution >= 4 is 0 Å². The number of unbranched alkanes of at least 4 members (excludes halogenated alkanes) is 10. The van der Waals surface area contributed by atoms with E-state index in [1.807, 2.05) is 0 Å². The maximum absolute atomic E-state index is 10.6. The van der Waals surface area contributed by atoms with Gasteiger partial charge >= 0.3 is 0 Å². The molecule has 0 radical (unpaired) electrons. The topological polar surface area (TPSA) is 179 Å². The second-order valence-corrected chi connectivity index (χ2v) is 9.91. The molecule has 0 aromatic rings. The maximum Gasteiger partial charge on any atom is 0.187 e. The Hall–Kier alpha value is -0.440. The third kappa shape index (κ3) is 9.39. The van der Waals surface area contributed by atoms with Gasteiger partial charge in [-0.1, -0.05) is 71.1 Å². The summed E-state index contributed by atoms with van der Waals surface area (Å²) in [6, 6.07) is 0. The molecule has 0 spiro atoms. The van der Waals surface area contributed by atoms with Crippen molar-refractivity contribution in [2.24, 2.45) is 0 Å². The van der Waals surface area contributed by atoms with Crippen LogP contribution in [0.25, 0.3) is 0 Å². The van der Waals surface area contributed by atoms with Crippen LogP contribution in [0.15, 0.2) is 0 Å². The van der Waals surface area contributed by atoms with Gasteiger partial charge in [0.25, 0.3) is 0 Å². The van der Waals surface area contributed by atoms with E-state index in [0.717, 1.165) is 19.3 Å². The van der Waals surface area contributed by atoms with Crippen molar-refractivity contribution in [1.82, 2.24) is 0 Å². The van der Waals surface area contributed by atoms with Crippen LogP contribution in [0.2, 0.25) is 0 Å². The van der Waals surface area contributed by atoms with Crippen LogP contribution >= 0.6 is 0 Å². The lowest BCUT2D eigenvalue weighted by Crippen LogP contribution is -2.64. The van der Waals surface area contributed by atoms with Gasteiger partial charge in [0.15, 0.2) is 12.6 Å². The predicted molar refractivity (Wildman–Crippen MR) is 129 cm³/mol. The first-order valence-corrected chi connectivity index (χ1v) is 13.6. The molecule has 0 aromatic heterocycles. The van der Waals surface area contributed by atoms with Crippen molar-refractivity contribution in [2.75, 3.05) is 19.8 Å². The van der Waals surface area contributed by atoms with Crippen molar-refractivity contribution in [1.29, 1.82) is 0 Å². The van der Waals surface area contributed by atoms with Crippen LogP contribution in [0.5, 0.6) is 0 Å². The van der Waals surface area contributed by atoms with Crippen molar-refractivity contribution in [2.45, 2.75) is 139 Å². The van der Waals surface area contributed by atoms with Gasteiger partial charge in [-0.25, -0.2) is 0 Å². The number of rotatable bonds is 17. The normalized spacial score (nSPS) is 37.3. The molecule has 2 fully saturated rings. The first-order chi connectivity index (χ1) is 17.3. The molecule has 10 atom stereocenters. The van der Waals surface area contributed by atoms with Gasteiger partial charge in [-0.05, 0) is 6.42 Å². The maximum atomic E-state index is 10.6. The smallest absolute Gasteiger partial charge is 0.187 e. The number of aliphatic hydroxyl groups is 7. The van der Waals surface area contributed by atoms with Crippen LogP contribution < -0.4 is 0 Å². The summed E-state index contributed by atoms with van der Waals surface area (Å²) >= 11 is 0. The van der Waals surface area contributed by atoms with E-state index < -0.39 is 74.6 Å². The van der Waals surface area contributed by atoms with E-state index in [-0.39, 0.29) is 0 Å².